The average Bonchev–Trinajstić information content (AvgIpc) is 2.86. The first-order valence-corrected chi connectivity index (χ1v) is 10.1. The standard InChI is InChI=1S/C18H34OSi/c1-17(2,3)20(18(4,5)6)19-11-7-8-15-12-14-9-10-16(15)13-14/h9-10,14-16,20H,7-8,11-13H2,1-6H3. The maximum absolute atomic E-state index is 6.43. The maximum atomic E-state index is 6.43. The third-order valence-electron chi connectivity index (χ3n) is 4.99. The van der Waals surface area contributed by atoms with E-state index in [1.54, 1.807) is 0 Å². The molecule has 0 aromatic rings. The molecule has 0 aromatic carbocycles. The molecule has 0 saturated heterocycles. The number of rotatable bonds is 5. The summed E-state index contributed by atoms with van der Waals surface area (Å²) in [6, 6.07) is 0. The molecule has 0 N–H and O–H groups in total. The van der Waals surface area contributed by atoms with Crippen LogP contribution >= 0.6 is 0 Å². The van der Waals surface area contributed by atoms with Gasteiger partial charge in [-0.3, -0.25) is 0 Å². The minimum absolute atomic E-state index is 0.355. The molecular formula is C18H34OSi. The van der Waals surface area contributed by atoms with Crippen LogP contribution in [0.2, 0.25) is 10.1 Å². The van der Waals surface area contributed by atoms with Crippen molar-refractivity contribution < 1.29 is 4.43 Å². The quantitative estimate of drug-likeness (QED) is 0.379. The van der Waals surface area contributed by atoms with E-state index < -0.39 is 9.04 Å². The van der Waals surface area contributed by atoms with Crippen molar-refractivity contribution in [2.24, 2.45) is 17.8 Å². The first kappa shape index (κ1) is 16.3. The minimum Gasteiger partial charge on any atom is -0.419 e. The van der Waals surface area contributed by atoms with E-state index in [4.69, 9.17) is 4.43 Å². The molecule has 116 valence electrons. The Labute approximate surface area is 127 Å². The van der Waals surface area contributed by atoms with Crippen LogP contribution in [0.5, 0.6) is 0 Å². The second-order valence-corrected chi connectivity index (χ2v) is 13.7. The first-order valence-electron chi connectivity index (χ1n) is 8.48. The lowest BCUT2D eigenvalue weighted by Gasteiger charge is -2.38. The number of fused-ring (bicyclic) bond motifs is 2. The van der Waals surface area contributed by atoms with E-state index in [9.17, 15) is 0 Å². The monoisotopic (exact) mass is 294 g/mol. The van der Waals surface area contributed by atoms with Crippen LogP contribution in [0.25, 0.3) is 0 Å². The summed E-state index contributed by atoms with van der Waals surface area (Å²) in [4.78, 5) is 0. The van der Waals surface area contributed by atoms with Crippen molar-refractivity contribution in [1.29, 1.82) is 0 Å². The number of allylic oxidation sites excluding steroid dienone is 2. The van der Waals surface area contributed by atoms with Crippen molar-refractivity contribution in [1.82, 2.24) is 0 Å². The summed E-state index contributed by atoms with van der Waals surface area (Å²) in [6.07, 6.45) is 10.4. The molecule has 20 heavy (non-hydrogen) atoms. The lowest BCUT2D eigenvalue weighted by molar-refractivity contribution is 0.258. The zero-order valence-corrected chi connectivity index (χ0v) is 15.6. The van der Waals surface area contributed by atoms with Gasteiger partial charge in [-0.2, -0.15) is 0 Å². The van der Waals surface area contributed by atoms with Gasteiger partial charge in [-0.25, -0.2) is 0 Å². The molecule has 2 aliphatic carbocycles. The van der Waals surface area contributed by atoms with Gasteiger partial charge in [-0.05, 0) is 53.5 Å². The molecule has 2 bridgehead atoms. The second kappa shape index (κ2) is 5.96. The second-order valence-electron chi connectivity index (χ2n) is 9.17. The Bertz CT molecular complexity index is 333. The van der Waals surface area contributed by atoms with E-state index >= 15 is 0 Å². The van der Waals surface area contributed by atoms with Gasteiger partial charge in [0.2, 0.25) is 0 Å². The van der Waals surface area contributed by atoms with E-state index in [2.05, 4.69) is 53.7 Å². The van der Waals surface area contributed by atoms with Gasteiger partial charge >= 0.3 is 0 Å². The van der Waals surface area contributed by atoms with Crippen molar-refractivity contribution in [2.45, 2.75) is 77.3 Å². The van der Waals surface area contributed by atoms with Gasteiger partial charge in [0.05, 0.1) is 0 Å². The van der Waals surface area contributed by atoms with Gasteiger partial charge in [0.15, 0.2) is 9.04 Å². The summed E-state index contributed by atoms with van der Waals surface area (Å²) in [6.45, 7) is 15.1. The Morgan fingerprint density at radius 2 is 1.65 bits per heavy atom. The zero-order chi connectivity index (χ0) is 15.0. The van der Waals surface area contributed by atoms with Gasteiger partial charge in [-0.15, -0.1) is 0 Å². The van der Waals surface area contributed by atoms with Crippen molar-refractivity contribution >= 4 is 9.04 Å². The molecule has 1 nitrogen and oxygen atoms in total. The lowest BCUT2D eigenvalue weighted by atomic mass is 9.90. The van der Waals surface area contributed by atoms with E-state index in [-0.39, 0.29) is 0 Å². The molecule has 0 heterocycles. The van der Waals surface area contributed by atoms with Crippen molar-refractivity contribution in [3.63, 3.8) is 0 Å². The first-order chi connectivity index (χ1) is 9.18. The normalized spacial score (nSPS) is 29.6. The summed E-state index contributed by atoms with van der Waals surface area (Å²) in [5.74, 6) is 2.77. The van der Waals surface area contributed by atoms with Crippen LogP contribution in [-0.4, -0.2) is 15.6 Å². The molecule has 0 amide bonds. The highest BCUT2D eigenvalue weighted by atomic mass is 28.3. The van der Waals surface area contributed by atoms with Gasteiger partial charge in [0.25, 0.3) is 0 Å². The molecule has 0 aromatic heterocycles. The molecule has 1 saturated carbocycles. The molecule has 0 radical (unpaired) electrons. The van der Waals surface area contributed by atoms with Crippen molar-refractivity contribution in [3.05, 3.63) is 12.2 Å². The molecule has 0 spiro atoms. The number of hydrogen-bond acceptors (Lipinski definition) is 1. The molecule has 2 rings (SSSR count). The third-order valence-corrected chi connectivity index (χ3v) is 8.71. The molecule has 2 aliphatic rings. The minimum atomic E-state index is -1.20. The molecule has 3 unspecified atom stereocenters. The molecule has 1 fully saturated rings. The van der Waals surface area contributed by atoms with E-state index in [1.807, 2.05) is 0 Å². The Hall–Kier alpha value is -0.0831. The summed E-state index contributed by atoms with van der Waals surface area (Å²) in [5.41, 5.74) is 0. The fourth-order valence-electron chi connectivity index (χ4n) is 4.57. The Morgan fingerprint density at radius 1 is 1.00 bits per heavy atom. The molecule has 0 aliphatic heterocycles. The van der Waals surface area contributed by atoms with Crippen LogP contribution in [-0.2, 0) is 4.43 Å². The summed E-state index contributed by atoms with van der Waals surface area (Å²) in [7, 11) is -1.20. The van der Waals surface area contributed by atoms with Crippen molar-refractivity contribution in [2.75, 3.05) is 6.61 Å². The van der Waals surface area contributed by atoms with Crippen LogP contribution in [0.15, 0.2) is 12.2 Å². The van der Waals surface area contributed by atoms with Gasteiger partial charge in [0.1, 0.15) is 0 Å². The summed E-state index contributed by atoms with van der Waals surface area (Å²) >= 11 is 0. The highest BCUT2D eigenvalue weighted by Crippen LogP contribution is 2.46. The van der Waals surface area contributed by atoms with Crippen LogP contribution in [0.3, 0.4) is 0 Å². The highest BCUT2D eigenvalue weighted by molar-refractivity contribution is 6.58. The predicted octanol–water partition coefficient (Wildman–Crippen LogP) is 5.32. The molecule has 2 heteroatoms. The Morgan fingerprint density at radius 3 is 2.10 bits per heavy atom. The number of hydrogen-bond donors (Lipinski definition) is 0. The highest BCUT2D eigenvalue weighted by Gasteiger charge is 2.38. The Balaban J connectivity index is 1.73. The fraction of sp³-hybridized carbons (Fsp3) is 0.889. The van der Waals surface area contributed by atoms with E-state index in [1.165, 1.54) is 25.7 Å². The summed E-state index contributed by atoms with van der Waals surface area (Å²) < 4.78 is 6.43. The van der Waals surface area contributed by atoms with Gasteiger partial charge in [-0.1, -0.05) is 53.7 Å². The molecular weight excluding hydrogens is 260 g/mol. The van der Waals surface area contributed by atoms with Crippen LogP contribution in [0.1, 0.15) is 67.2 Å². The van der Waals surface area contributed by atoms with Gasteiger partial charge < -0.3 is 4.43 Å². The van der Waals surface area contributed by atoms with Crippen LogP contribution in [0, 0.1) is 17.8 Å². The average molecular weight is 295 g/mol. The van der Waals surface area contributed by atoms with Crippen LogP contribution < -0.4 is 0 Å². The maximum Gasteiger partial charge on any atom is 0.187 e. The predicted molar refractivity (Wildman–Crippen MR) is 90.6 cm³/mol. The SMILES string of the molecule is CC(C)(C)[SiH](OCCCC1CC2C=CC1C2)C(C)(C)C. The lowest BCUT2D eigenvalue weighted by Crippen LogP contribution is -2.38. The van der Waals surface area contributed by atoms with E-state index in [0.717, 1.165) is 24.4 Å². The molecule has 3 atom stereocenters. The third kappa shape index (κ3) is 3.97. The van der Waals surface area contributed by atoms with Crippen LogP contribution in [0.4, 0.5) is 0 Å². The smallest absolute Gasteiger partial charge is 0.187 e. The summed E-state index contributed by atoms with van der Waals surface area (Å²) in [5, 5.41) is 0.709. The Kier molecular flexibility index (Phi) is 4.86. The largest absolute Gasteiger partial charge is 0.419 e. The fourth-order valence-corrected chi connectivity index (χ4v) is 8.57. The van der Waals surface area contributed by atoms with Crippen molar-refractivity contribution in [3.8, 4) is 0 Å². The zero-order valence-electron chi connectivity index (χ0n) is 14.4. The van der Waals surface area contributed by atoms with Gasteiger partial charge in [0, 0.05) is 6.61 Å². The topological polar surface area (TPSA) is 9.23 Å². The van der Waals surface area contributed by atoms with E-state index in [0.29, 0.717) is 10.1 Å².